The van der Waals surface area contributed by atoms with E-state index in [0.717, 1.165) is 0 Å². The van der Waals surface area contributed by atoms with E-state index in [0.29, 0.717) is 12.1 Å². The van der Waals surface area contributed by atoms with E-state index in [2.05, 4.69) is 45.1 Å². The van der Waals surface area contributed by atoms with Gasteiger partial charge in [-0.2, -0.15) is 0 Å². The van der Waals surface area contributed by atoms with Crippen LogP contribution >= 0.6 is 11.3 Å². The fourth-order valence-electron chi connectivity index (χ4n) is 2.71. The summed E-state index contributed by atoms with van der Waals surface area (Å²) in [6, 6.07) is 5.72. The number of nitrogens with one attached hydrogen (secondary N) is 1. The van der Waals surface area contributed by atoms with Gasteiger partial charge in [-0.1, -0.05) is 52.4 Å². The average molecular weight is 296 g/mol. The zero-order valence-electron chi connectivity index (χ0n) is 13.9. The summed E-state index contributed by atoms with van der Waals surface area (Å²) < 4.78 is 0. The smallest absolute Gasteiger partial charge is 0.0388 e. The standard InChI is InChI=1S/C18H33NS/c1-5-7-9-11-17(12-10-8-6-2)19-16(4)18-14-13-15(3)20-18/h13-14,16-17,19H,5-12H2,1-4H3. The first-order valence-electron chi connectivity index (χ1n) is 8.49. The quantitative estimate of drug-likeness (QED) is 0.477. The molecule has 0 saturated carbocycles. The molecule has 2 heteroatoms. The molecular weight excluding hydrogens is 262 g/mol. The summed E-state index contributed by atoms with van der Waals surface area (Å²) >= 11 is 1.93. The van der Waals surface area contributed by atoms with Gasteiger partial charge in [-0.05, 0) is 38.8 Å². The van der Waals surface area contributed by atoms with E-state index in [1.807, 2.05) is 11.3 Å². The van der Waals surface area contributed by atoms with Gasteiger partial charge in [-0.25, -0.2) is 0 Å². The molecule has 0 fully saturated rings. The van der Waals surface area contributed by atoms with Crippen LogP contribution in [0.25, 0.3) is 0 Å². The second kappa shape index (κ2) is 10.4. The van der Waals surface area contributed by atoms with Gasteiger partial charge in [0, 0.05) is 21.8 Å². The predicted octanol–water partition coefficient (Wildman–Crippen LogP) is 6.24. The van der Waals surface area contributed by atoms with Crippen LogP contribution in [0.3, 0.4) is 0 Å². The number of aryl methyl sites for hydroxylation is 1. The van der Waals surface area contributed by atoms with Gasteiger partial charge in [0.15, 0.2) is 0 Å². The van der Waals surface area contributed by atoms with E-state index < -0.39 is 0 Å². The first-order valence-corrected chi connectivity index (χ1v) is 9.31. The summed E-state index contributed by atoms with van der Waals surface area (Å²) in [5, 5.41) is 3.87. The van der Waals surface area contributed by atoms with Crippen LogP contribution in [-0.2, 0) is 0 Å². The largest absolute Gasteiger partial charge is 0.307 e. The SMILES string of the molecule is CCCCCC(CCCCC)NC(C)c1ccc(C)s1. The van der Waals surface area contributed by atoms with Crippen molar-refractivity contribution in [3.05, 3.63) is 21.9 Å². The van der Waals surface area contributed by atoms with Gasteiger partial charge in [0.05, 0.1) is 0 Å². The minimum absolute atomic E-state index is 0.502. The minimum atomic E-state index is 0.502. The molecule has 1 rings (SSSR count). The molecule has 0 aliphatic heterocycles. The molecule has 116 valence electrons. The molecule has 0 aliphatic carbocycles. The molecule has 1 nitrogen and oxygen atoms in total. The molecule has 0 bridgehead atoms. The molecule has 1 aromatic rings. The topological polar surface area (TPSA) is 12.0 Å². The van der Waals surface area contributed by atoms with Crippen LogP contribution in [0.2, 0.25) is 0 Å². The van der Waals surface area contributed by atoms with Crippen molar-refractivity contribution in [3.8, 4) is 0 Å². The molecular formula is C18H33NS. The van der Waals surface area contributed by atoms with Crippen molar-refractivity contribution in [2.75, 3.05) is 0 Å². The molecule has 0 saturated heterocycles. The van der Waals surface area contributed by atoms with Gasteiger partial charge in [0.25, 0.3) is 0 Å². The zero-order valence-corrected chi connectivity index (χ0v) is 14.7. The van der Waals surface area contributed by atoms with Crippen LogP contribution in [0.5, 0.6) is 0 Å². The van der Waals surface area contributed by atoms with Crippen molar-refractivity contribution in [1.29, 1.82) is 0 Å². The van der Waals surface area contributed by atoms with Crippen molar-refractivity contribution >= 4 is 11.3 Å². The third-order valence-electron chi connectivity index (χ3n) is 3.99. The maximum atomic E-state index is 3.87. The third-order valence-corrected chi connectivity index (χ3v) is 5.17. The van der Waals surface area contributed by atoms with Crippen LogP contribution in [0.1, 0.15) is 87.9 Å². The summed E-state index contributed by atoms with van der Waals surface area (Å²) in [6.45, 7) is 9.09. The molecule has 0 aromatic carbocycles. The minimum Gasteiger partial charge on any atom is -0.307 e. The van der Waals surface area contributed by atoms with Crippen LogP contribution in [0.15, 0.2) is 12.1 Å². The summed E-state index contributed by atoms with van der Waals surface area (Å²) in [5.41, 5.74) is 0. The molecule has 1 unspecified atom stereocenters. The Labute approximate surface area is 130 Å². The summed E-state index contributed by atoms with van der Waals surface area (Å²) in [7, 11) is 0. The molecule has 0 amide bonds. The maximum absolute atomic E-state index is 3.87. The highest BCUT2D eigenvalue weighted by molar-refractivity contribution is 7.12. The van der Waals surface area contributed by atoms with E-state index in [-0.39, 0.29) is 0 Å². The molecule has 1 atom stereocenters. The Morgan fingerprint density at radius 3 is 2.05 bits per heavy atom. The van der Waals surface area contributed by atoms with E-state index >= 15 is 0 Å². The first-order chi connectivity index (χ1) is 9.67. The molecule has 0 radical (unpaired) electrons. The normalized spacial score (nSPS) is 13.1. The average Bonchev–Trinajstić information content (AvgIpc) is 2.86. The third kappa shape index (κ3) is 6.90. The molecule has 0 spiro atoms. The van der Waals surface area contributed by atoms with E-state index in [1.54, 1.807) is 0 Å². The molecule has 0 aliphatic rings. The van der Waals surface area contributed by atoms with E-state index in [4.69, 9.17) is 0 Å². The molecule has 1 heterocycles. The lowest BCUT2D eigenvalue weighted by Crippen LogP contribution is -2.31. The summed E-state index contributed by atoms with van der Waals surface area (Å²) in [5.74, 6) is 0. The number of thiophene rings is 1. The van der Waals surface area contributed by atoms with Gasteiger partial charge in [-0.3, -0.25) is 0 Å². The first kappa shape index (κ1) is 17.7. The number of hydrogen-bond acceptors (Lipinski definition) is 2. The summed E-state index contributed by atoms with van der Waals surface area (Å²) in [4.78, 5) is 2.90. The maximum Gasteiger partial charge on any atom is 0.0388 e. The lowest BCUT2D eigenvalue weighted by molar-refractivity contribution is 0.386. The van der Waals surface area contributed by atoms with Crippen molar-refractivity contribution < 1.29 is 0 Å². The molecule has 1 N–H and O–H groups in total. The highest BCUT2D eigenvalue weighted by Crippen LogP contribution is 2.24. The van der Waals surface area contributed by atoms with Crippen LogP contribution in [-0.4, -0.2) is 6.04 Å². The van der Waals surface area contributed by atoms with Crippen LogP contribution in [0.4, 0.5) is 0 Å². The zero-order chi connectivity index (χ0) is 14.8. The second-order valence-electron chi connectivity index (χ2n) is 6.03. The van der Waals surface area contributed by atoms with Crippen LogP contribution in [0, 0.1) is 6.92 Å². The van der Waals surface area contributed by atoms with E-state index in [1.165, 1.54) is 61.1 Å². The predicted molar refractivity (Wildman–Crippen MR) is 92.7 cm³/mol. The van der Waals surface area contributed by atoms with Gasteiger partial charge in [0.2, 0.25) is 0 Å². The number of hydrogen-bond donors (Lipinski definition) is 1. The van der Waals surface area contributed by atoms with Gasteiger partial charge >= 0.3 is 0 Å². The monoisotopic (exact) mass is 295 g/mol. The number of rotatable bonds is 11. The summed E-state index contributed by atoms with van der Waals surface area (Å²) in [6.07, 6.45) is 10.8. The molecule has 20 heavy (non-hydrogen) atoms. The Balaban J connectivity index is 2.44. The van der Waals surface area contributed by atoms with Crippen LogP contribution < -0.4 is 5.32 Å². The van der Waals surface area contributed by atoms with Crippen molar-refractivity contribution in [2.45, 2.75) is 91.1 Å². The fraction of sp³-hybridized carbons (Fsp3) is 0.778. The second-order valence-corrected chi connectivity index (χ2v) is 7.34. The number of unbranched alkanes of at least 4 members (excludes halogenated alkanes) is 4. The molecule has 1 aromatic heterocycles. The van der Waals surface area contributed by atoms with Crippen molar-refractivity contribution in [3.63, 3.8) is 0 Å². The highest BCUT2D eigenvalue weighted by Gasteiger charge is 2.14. The van der Waals surface area contributed by atoms with Gasteiger partial charge in [0.1, 0.15) is 0 Å². The Hall–Kier alpha value is -0.340. The van der Waals surface area contributed by atoms with Gasteiger partial charge in [-0.15, -0.1) is 11.3 Å². The Kier molecular flexibility index (Phi) is 9.21. The highest BCUT2D eigenvalue weighted by atomic mass is 32.1. The Bertz CT molecular complexity index is 335. The lowest BCUT2D eigenvalue weighted by Gasteiger charge is -2.23. The van der Waals surface area contributed by atoms with Crippen molar-refractivity contribution in [2.24, 2.45) is 0 Å². The van der Waals surface area contributed by atoms with Crippen molar-refractivity contribution in [1.82, 2.24) is 5.32 Å². The Morgan fingerprint density at radius 1 is 1.00 bits per heavy atom. The fourth-order valence-corrected chi connectivity index (χ4v) is 3.60. The van der Waals surface area contributed by atoms with E-state index in [9.17, 15) is 0 Å². The lowest BCUT2D eigenvalue weighted by atomic mass is 10.0. The Morgan fingerprint density at radius 2 is 1.60 bits per heavy atom. The van der Waals surface area contributed by atoms with Gasteiger partial charge < -0.3 is 5.32 Å².